The maximum absolute atomic E-state index is 13.4. The smallest absolute Gasteiger partial charge is 0.147 e. The summed E-state index contributed by atoms with van der Waals surface area (Å²) in [4.78, 5) is 0. The molecule has 0 aliphatic heterocycles. The van der Waals surface area contributed by atoms with E-state index in [4.69, 9.17) is 0 Å². The summed E-state index contributed by atoms with van der Waals surface area (Å²) in [7, 11) is 0. The van der Waals surface area contributed by atoms with Crippen molar-refractivity contribution in [1.82, 2.24) is 0 Å². The molecule has 3 heteroatoms. The third kappa shape index (κ3) is 4.97. The van der Waals surface area contributed by atoms with Gasteiger partial charge in [0.2, 0.25) is 0 Å². The van der Waals surface area contributed by atoms with E-state index in [9.17, 15) is 4.39 Å². The molecule has 0 aliphatic rings. The summed E-state index contributed by atoms with van der Waals surface area (Å²) in [6.45, 7) is 3.05. The van der Waals surface area contributed by atoms with Crippen LogP contribution in [0.25, 0.3) is 0 Å². The average Bonchev–Trinajstić information content (AvgIpc) is 2.26. The molecule has 0 aliphatic carbocycles. The van der Waals surface area contributed by atoms with Crippen LogP contribution in [-0.4, -0.2) is 6.54 Å². The van der Waals surface area contributed by atoms with Gasteiger partial charge in [-0.05, 0) is 24.6 Å². The van der Waals surface area contributed by atoms with Crippen LogP contribution >= 0.6 is 15.9 Å². The molecular weight excluding hydrogens is 269 g/mol. The van der Waals surface area contributed by atoms with Crippen LogP contribution in [0.1, 0.15) is 39.0 Å². The van der Waals surface area contributed by atoms with Crippen LogP contribution in [0.5, 0.6) is 0 Å². The molecule has 90 valence electrons. The Morgan fingerprint density at radius 1 is 1.19 bits per heavy atom. The Balaban J connectivity index is 2.21. The highest BCUT2D eigenvalue weighted by Gasteiger charge is 2.01. The number of hydrogen-bond acceptors (Lipinski definition) is 1. The molecule has 0 atom stereocenters. The molecule has 0 unspecified atom stereocenters. The van der Waals surface area contributed by atoms with Gasteiger partial charge < -0.3 is 5.32 Å². The fraction of sp³-hybridized carbons (Fsp3) is 0.538. The molecular formula is C13H19BrFN. The number of halogens is 2. The Morgan fingerprint density at radius 3 is 2.62 bits per heavy atom. The highest BCUT2D eigenvalue weighted by molar-refractivity contribution is 9.10. The van der Waals surface area contributed by atoms with Gasteiger partial charge in [0.15, 0.2) is 0 Å². The van der Waals surface area contributed by atoms with E-state index < -0.39 is 0 Å². The maximum Gasteiger partial charge on any atom is 0.147 e. The van der Waals surface area contributed by atoms with E-state index >= 15 is 0 Å². The fourth-order valence-corrected chi connectivity index (χ4v) is 1.92. The first-order chi connectivity index (χ1) is 7.74. The number of anilines is 1. The minimum Gasteiger partial charge on any atom is -0.383 e. The summed E-state index contributed by atoms with van der Waals surface area (Å²) in [6.07, 6.45) is 6.16. The number of rotatable bonds is 7. The van der Waals surface area contributed by atoms with Crippen molar-refractivity contribution in [3.05, 3.63) is 28.5 Å². The Labute approximate surface area is 106 Å². The lowest BCUT2D eigenvalue weighted by molar-refractivity contribution is 0.623. The third-order valence-corrected chi connectivity index (χ3v) is 3.02. The second-order valence-corrected chi connectivity index (χ2v) is 4.88. The first-order valence-corrected chi connectivity index (χ1v) is 6.72. The topological polar surface area (TPSA) is 12.0 Å². The molecule has 0 amide bonds. The molecule has 0 radical (unpaired) electrons. The molecule has 0 saturated carbocycles. The Morgan fingerprint density at radius 2 is 1.94 bits per heavy atom. The van der Waals surface area contributed by atoms with Crippen LogP contribution < -0.4 is 5.32 Å². The van der Waals surface area contributed by atoms with Crippen molar-refractivity contribution in [3.8, 4) is 0 Å². The zero-order valence-corrected chi connectivity index (χ0v) is 11.3. The summed E-state index contributed by atoms with van der Waals surface area (Å²) in [5, 5.41) is 3.12. The standard InChI is InChI=1S/C13H19BrFN/c1-2-3-4-5-6-9-16-13-8-7-11(14)10-12(13)15/h7-8,10,16H,2-6,9H2,1H3. The van der Waals surface area contributed by atoms with Crippen molar-refractivity contribution in [2.24, 2.45) is 0 Å². The molecule has 0 saturated heterocycles. The second-order valence-electron chi connectivity index (χ2n) is 3.97. The molecule has 1 aromatic carbocycles. The van der Waals surface area contributed by atoms with Gasteiger partial charge in [0.25, 0.3) is 0 Å². The Hall–Kier alpha value is -0.570. The lowest BCUT2D eigenvalue weighted by Gasteiger charge is -2.07. The van der Waals surface area contributed by atoms with E-state index in [-0.39, 0.29) is 5.82 Å². The molecule has 0 fully saturated rings. The first-order valence-electron chi connectivity index (χ1n) is 5.93. The molecule has 0 spiro atoms. The summed E-state index contributed by atoms with van der Waals surface area (Å²) in [5.74, 6) is -0.192. The van der Waals surface area contributed by atoms with Gasteiger partial charge in [-0.15, -0.1) is 0 Å². The zero-order chi connectivity index (χ0) is 11.8. The number of nitrogens with one attached hydrogen (secondary N) is 1. The molecule has 1 N–H and O–H groups in total. The highest BCUT2D eigenvalue weighted by Crippen LogP contribution is 2.19. The quantitative estimate of drug-likeness (QED) is 0.698. The summed E-state index contributed by atoms with van der Waals surface area (Å²) >= 11 is 3.24. The van der Waals surface area contributed by atoms with Gasteiger partial charge in [-0.2, -0.15) is 0 Å². The SMILES string of the molecule is CCCCCCCNc1ccc(Br)cc1F. The molecule has 1 rings (SSSR count). The maximum atomic E-state index is 13.4. The van der Waals surface area contributed by atoms with Crippen LogP contribution in [0, 0.1) is 5.82 Å². The number of benzene rings is 1. The summed E-state index contributed by atoms with van der Waals surface area (Å²) < 4.78 is 14.2. The van der Waals surface area contributed by atoms with Gasteiger partial charge >= 0.3 is 0 Å². The average molecular weight is 288 g/mol. The molecule has 1 aromatic rings. The van der Waals surface area contributed by atoms with Crippen LogP contribution in [0.15, 0.2) is 22.7 Å². The van der Waals surface area contributed by atoms with E-state index in [2.05, 4.69) is 28.2 Å². The fourth-order valence-electron chi connectivity index (χ4n) is 1.58. The molecule has 0 heterocycles. The van der Waals surface area contributed by atoms with Crippen molar-refractivity contribution in [1.29, 1.82) is 0 Å². The van der Waals surface area contributed by atoms with E-state index in [0.29, 0.717) is 5.69 Å². The predicted molar refractivity (Wildman–Crippen MR) is 71.3 cm³/mol. The minimum atomic E-state index is -0.192. The van der Waals surface area contributed by atoms with Crippen LogP contribution in [0.2, 0.25) is 0 Å². The van der Waals surface area contributed by atoms with Gasteiger partial charge in [-0.3, -0.25) is 0 Å². The number of hydrogen-bond donors (Lipinski definition) is 1. The second kappa shape index (κ2) is 7.66. The van der Waals surface area contributed by atoms with E-state index in [1.165, 1.54) is 31.7 Å². The van der Waals surface area contributed by atoms with Crippen molar-refractivity contribution >= 4 is 21.6 Å². The summed E-state index contributed by atoms with van der Waals surface area (Å²) in [5.41, 5.74) is 0.596. The first kappa shape index (κ1) is 13.5. The van der Waals surface area contributed by atoms with Gasteiger partial charge in [0, 0.05) is 11.0 Å². The number of unbranched alkanes of at least 4 members (excludes halogenated alkanes) is 4. The zero-order valence-electron chi connectivity index (χ0n) is 9.73. The Kier molecular flexibility index (Phi) is 6.46. The van der Waals surface area contributed by atoms with Crippen molar-refractivity contribution < 1.29 is 4.39 Å². The molecule has 16 heavy (non-hydrogen) atoms. The largest absolute Gasteiger partial charge is 0.383 e. The van der Waals surface area contributed by atoms with Crippen LogP contribution in [-0.2, 0) is 0 Å². The van der Waals surface area contributed by atoms with E-state index in [1.807, 2.05) is 6.07 Å². The van der Waals surface area contributed by atoms with Crippen molar-refractivity contribution in [2.75, 3.05) is 11.9 Å². The molecule has 0 aromatic heterocycles. The third-order valence-electron chi connectivity index (χ3n) is 2.53. The van der Waals surface area contributed by atoms with Gasteiger partial charge in [-0.25, -0.2) is 4.39 Å². The van der Waals surface area contributed by atoms with Crippen molar-refractivity contribution in [3.63, 3.8) is 0 Å². The molecule has 0 bridgehead atoms. The molecule has 1 nitrogen and oxygen atoms in total. The lowest BCUT2D eigenvalue weighted by atomic mass is 10.1. The van der Waals surface area contributed by atoms with Gasteiger partial charge in [0.05, 0.1) is 5.69 Å². The van der Waals surface area contributed by atoms with E-state index in [0.717, 1.165) is 17.4 Å². The lowest BCUT2D eigenvalue weighted by Crippen LogP contribution is -2.03. The van der Waals surface area contributed by atoms with Crippen molar-refractivity contribution in [2.45, 2.75) is 39.0 Å². The monoisotopic (exact) mass is 287 g/mol. The Bertz CT molecular complexity index is 315. The minimum absolute atomic E-state index is 0.192. The predicted octanol–water partition coefficient (Wildman–Crippen LogP) is 4.97. The normalized spacial score (nSPS) is 10.4. The van der Waals surface area contributed by atoms with Crippen LogP contribution in [0.4, 0.5) is 10.1 Å². The van der Waals surface area contributed by atoms with Gasteiger partial charge in [-0.1, -0.05) is 48.5 Å². The van der Waals surface area contributed by atoms with Gasteiger partial charge in [0.1, 0.15) is 5.82 Å². The van der Waals surface area contributed by atoms with Crippen LogP contribution in [0.3, 0.4) is 0 Å². The summed E-state index contributed by atoms with van der Waals surface area (Å²) in [6, 6.07) is 5.10. The highest BCUT2D eigenvalue weighted by atomic mass is 79.9. The van der Waals surface area contributed by atoms with E-state index in [1.54, 1.807) is 6.07 Å².